The summed E-state index contributed by atoms with van der Waals surface area (Å²) in [5.74, 6) is 0. The molecule has 21 heavy (non-hydrogen) atoms. The number of nitrogens with one attached hydrogen (secondary N) is 1. The van der Waals surface area contributed by atoms with Crippen LogP contribution in [0.1, 0.15) is 24.1 Å². The minimum absolute atomic E-state index is 0.147. The first-order valence-electron chi connectivity index (χ1n) is 6.44. The summed E-state index contributed by atoms with van der Waals surface area (Å²) in [6, 6.07) is 12.2. The van der Waals surface area contributed by atoms with Crippen molar-refractivity contribution >= 4 is 31.6 Å². The normalized spacial score (nSPS) is 13.1. The molecule has 112 valence electrons. The summed E-state index contributed by atoms with van der Waals surface area (Å²) in [7, 11) is -3.67. The van der Waals surface area contributed by atoms with Gasteiger partial charge in [0.05, 0.1) is 5.69 Å². The first-order valence-corrected chi connectivity index (χ1v) is 8.72. The molecule has 0 heterocycles. The van der Waals surface area contributed by atoms with Crippen molar-refractivity contribution < 1.29 is 8.42 Å². The van der Waals surface area contributed by atoms with Gasteiger partial charge < -0.3 is 5.73 Å². The smallest absolute Gasteiger partial charge is 0.243 e. The summed E-state index contributed by atoms with van der Waals surface area (Å²) < 4.78 is 28.7. The zero-order valence-electron chi connectivity index (χ0n) is 11.8. The van der Waals surface area contributed by atoms with E-state index in [1.807, 2.05) is 24.3 Å². The van der Waals surface area contributed by atoms with Crippen LogP contribution in [-0.2, 0) is 10.0 Å². The molecule has 2 aromatic carbocycles. The fourth-order valence-corrected chi connectivity index (χ4v) is 4.01. The number of sulfonamides is 1. The maximum atomic E-state index is 12.5. The molecule has 6 heteroatoms. The number of benzene rings is 2. The Morgan fingerprint density at radius 1 is 1.14 bits per heavy atom. The van der Waals surface area contributed by atoms with Crippen LogP contribution in [-0.4, -0.2) is 8.42 Å². The van der Waals surface area contributed by atoms with E-state index < -0.39 is 10.0 Å². The van der Waals surface area contributed by atoms with Crippen molar-refractivity contribution in [2.24, 2.45) is 0 Å². The van der Waals surface area contributed by atoms with Gasteiger partial charge in [-0.3, -0.25) is 0 Å². The van der Waals surface area contributed by atoms with Crippen LogP contribution in [0.2, 0.25) is 0 Å². The first-order chi connectivity index (χ1) is 9.81. The maximum absolute atomic E-state index is 12.5. The third-order valence-electron chi connectivity index (χ3n) is 3.21. The third kappa shape index (κ3) is 3.64. The Labute approximate surface area is 133 Å². The molecule has 2 aromatic rings. The predicted molar refractivity (Wildman–Crippen MR) is 88.5 cm³/mol. The zero-order valence-corrected chi connectivity index (χ0v) is 14.2. The molecule has 0 saturated heterocycles. The molecule has 0 spiro atoms. The Hall–Kier alpha value is -1.37. The quantitative estimate of drug-likeness (QED) is 0.812. The average molecular weight is 369 g/mol. The van der Waals surface area contributed by atoms with Crippen LogP contribution in [0.5, 0.6) is 0 Å². The molecule has 0 bridgehead atoms. The van der Waals surface area contributed by atoms with E-state index in [9.17, 15) is 8.42 Å². The number of nitrogen functional groups attached to an aromatic ring is 1. The van der Waals surface area contributed by atoms with Crippen LogP contribution in [0.15, 0.2) is 51.8 Å². The van der Waals surface area contributed by atoms with Crippen LogP contribution in [0.3, 0.4) is 0 Å². The number of hydrogen-bond acceptors (Lipinski definition) is 3. The van der Waals surface area contributed by atoms with Gasteiger partial charge in [0.15, 0.2) is 0 Å². The van der Waals surface area contributed by atoms with Gasteiger partial charge in [-0.05, 0) is 43.2 Å². The monoisotopic (exact) mass is 368 g/mol. The second kappa shape index (κ2) is 6.17. The lowest BCUT2D eigenvalue weighted by Gasteiger charge is -2.17. The van der Waals surface area contributed by atoms with Crippen molar-refractivity contribution in [2.75, 3.05) is 5.73 Å². The lowest BCUT2D eigenvalue weighted by Crippen LogP contribution is -2.28. The summed E-state index contributed by atoms with van der Waals surface area (Å²) in [5.41, 5.74) is 7.58. The Balaban J connectivity index is 2.31. The average Bonchev–Trinajstić information content (AvgIpc) is 2.38. The van der Waals surface area contributed by atoms with Crippen LogP contribution < -0.4 is 10.5 Å². The van der Waals surface area contributed by atoms with Gasteiger partial charge in [0.2, 0.25) is 10.0 Å². The van der Waals surface area contributed by atoms with Crippen molar-refractivity contribution in [2.45, 2.75) is 24.8 Å². The van der Waals surface area contributed by atoms with E-state index in [0.717, 1.165) is 10.0 Å². The summed E-state index contributed by atoms with van der Waals surface area (Å²) in [4.78, 5) is 0.147. The highest BCUT2D eigenvalue weighted by atomic mass is 79.9. The van der Waals surface area contributed by atoms with Crippen LogP contribution in [0, 0.1) is 6.92 Å². The summed E-state index contributed by atoms with van der Waals surface area (Å²) >= 11 is 3.36. The van der Waals surface area contributed by atoms with Crippen molar-refractivity contribution in [3.8, 4) is 0 Å². The number of nitrogens with two attached hydrogens (primary N) is 1. The molecule has 0 radical (unpaired) electrons. The van der Waals surface area contributed by atoms with E-state index >= 15 is 0 Å². The third-order valence-corrected chi connectivity index (χ3v) is 5.50. The number of aryl methyl sites for hydroxylation is 1. The highest BCUT2D eigenvalue weighted by Crippen LogP contribution is 2.25. The van der Waals surface area contributed by atoms with E-state index in [0.29, 0.717) is 5.56 Å². The number of halogens is 1. The standard InChI is InChI=1S/C15H17BrN2O2S/c1-10-4-3-5-14(17)15(10)21(19,20)18-11(2)12-6-8-13(16)9-7-12/h3-9,11,18H,17H2,1-2H3/t11-/m1/s1. The van der Waals surface area contributed by atoms with Gasteiger partial charge in [0, 0.05) is 10.5 Å². The lowest BCUT2D eigenvalue weighted by atomic mass is 10.1. The minimum atomic E-state index is -3.67. The summed E-state index contributed by atoms with van der Waals surface area (Å²) in [5, 5.41) is 0. The topological polar surface area (TPSA) is 72.2 Å². The van der Waals surface area contributed by atoms with Crippen molar-refractivity contribution in [3.63, 3.8) is 0 Å². The lowest BCUT2D eigenvalue weighted by molar-refractivity contribution is 0.567. The predicted octanol–water partition coefficient (Wildman–Crippen LogP) is 3.38. The molecule has 1 atom stereocenters. The van der Waals surface area contributed by atoms with E-state index in [1.165, 1.54) is 0 Å². The van der Waals surface area contributed by atoms with Crippen LogP contribution in [0.4, 0.5) is 5.69 Å². The Bertz CT molecular complexity index is 723. The van der Waals surface area contributed by atoms with Gasteiger partial charge in [-0.25, -0.2) is 13.1 Å². The molecule has 3 N–H and O–H groups in total. The highest BCUT2D eigenvalue weighted by Gasteiger charge is 2.22. The number of rotatable bonds is 4. The maximum Gasteiger partial charge on any atom is 0.243 e. The molecule has 2 rings (SSSR count). The van der Waals surface area contributed by atoms with Gasteiger partial charge in [0.1, 0.15) is 4.90 Å². The minimum Gasteiger partial charge on any atom is -0.398 e. The van der Waals surface area contributed by atoms with Gasteiger partial charge in [-0.15, -0.1) is 0 Å². The number of hydrogen-bond donors (Lipinski definition) is 2. The SMILES string of the molecule is Cc1cccc(N)c1S(=O)(=O)N[C@H](C)c1ccc(Br)cc1. The van der Waals surface area contributed by atoms with Gasteiger partial charge in [-0.2, -0.15) is 0 Å². The van der Waals surface area contributed by atoms with Crippen LogP contribution >= 0.6 is 15.9 Å². The van der Waals surface area contributed by atoms with E-state index in [4.69, 9.17) is 5.73 Å². The molecule has 0 aliphatic rings. The molecule has 0 fully saturated rings. The van der Waals surface area contributed by atoms with Crippen molar-refractivity contribution in [1.29, 1.82) is 0 Å². The molecular formula is C15H17BrN2O2S. The van der Waals surface area contributed by atoms with Gasteiger partial charge >= 0.3 is 0 Å². The number of anilines is 1. The summed E-state index contributed by atoms with van der Waals surface area (Å²) in [6.07, 6.45) is 0. The van der Waals surface area contributed by atoms with E-state index in [-0.39, 0.29) is 16.6 Å². The molecule has 0 unspecified atom stereocenters. The second-order valence-electron chi connectivity index (χ2n) is 4.89. The molecule has 4 nitrogen and oxygen atoms in total. The molecular weight excluding hydrogens is 352 g/mol. The molecule has 0 saturated carbocycles. The molecule has 0 amide bonds. The van der Waals surface area contributed by atoms with E-state index in [1.54, 1.807) is 32.0 Å². The molecule has 0 aliphatic heterocycles. The van der Waals surface area contributed by atoms with Crippen molar-refractivity contribution in [1.82, 2.24) is 4.72 Å². The van der Waals surface area contributed by atoms with Gasteiger partial charge in [-0.1, -0.05) is 40.2 Å². The Morgan fingerprint density at radius 3 is 2.33 bits per heavy atom. The Kier molecular flexibility index (Phi) is 4.70. The van der Waals surface area contributed by atoms with E-state index in [2.05, 4.69) is 20.7 Å². The van der Waals surface area contributed by atoms with Gasteiger partial charge in [0.25, 0.3) is 0 Å². The molecule has 0 aromatic heterocycles. The van der Waals surface area contributed by atoms with Crippen molar-refractivity contribution in [3.05, 3.63) is 58.1 Å². The van der Waals surface area contributed by atoms with Crippen LogP contribution in [0.25, 0.3) is 0 Å². The fourth-order valence-electron chi connectivity index (χ4n) is 2.15. The summed E-state index contributed by atoms with van der Waals surface area (Å²) in [6.45, 7) is 3.53. The second-order valence-corrected chi connectivity index (χ2v) is 7.45. The Morgan fingerprint density at radius 2 is 1.76 bits per heavy atom. The zero-order chi connectivity index (χ0) is 15.6. The highest BCUT2D eigenvalue weighted by molar-refractivity contribution is 9.10. The molecule has 0 aliphatic carbocycles. The first kappa shape index (κ1) is 16.0. The largest absolute Gasteiger partial charge is 0.398 e. The fraction of sp³-hybridized carbons (Fsp3) is 0.200.